The highest BCUT2D eigenvalue weighted by Crippen LogP contribution is 2.23. The Kier molecular flexibility index (Phi) is 7.43. The number of rotatable bonds is 8. The molecule has 1 atom stereocenters. The van der Waals surface area contributed by atoms with E-state index in [4.69, 9.17) is 11.6 Å². The third-order valence-electron chi connectivity index (χ3n) is 2.91. The predicted octanol–water partition coefficient (Wildman–Crippen LogP) is 4.13. The summed E-state index contributed by atoms with van der Waals surface area (Å²) in [5.41, 5.74) is 0. The van der Waals surface area contributed by atoms with Gasteiger partial charge in [0.25, 0.3) is 0 Å². The van der Waals surface area contributed by atoms with Crippen LogP contribution in [0.5, 0.6) is 0 Å². The van der Waals surface area contributed by atoms with E-state index < -0.39 is 10.0 Å². The van der Waals surface area contributed by atoms with E-state index in [0.717, 1.165) is 19.3 Å². The lowest BCUT2D eigenvalue weighted by atomic mass is 10.1. The highest BCUT2D eigenvalue weighted by molar-refractivity contribution is 9.10. The number of nitrogens with zero attached hydrogens (tertiary/aromatic N) is 1. The molecule has 0 radical (unpaired) electrons. The van der Waals surface area contributed by atoms with Gasteiger partial charge < -0.3 is 0 Å². The number of pyridine rings is 1. The van der Waals surface area contributed by atoms with E-state index in [2.05, 4.69) is 32.6 Å². The van der Waals surface area contributed by atoms with Gasteiger partial charge in [0, 0.05) is 16.7 Å². The Morgan fingerprint density at radius 3 is 2.75 bits per heavy atom. The largest absolute Gasteiger partial charge is 0.243 e. The highest BCUT2D eigenvalue weighted by Gasteiger charge is 2.21. The first-order chi connectivity index (χ1) is 9.36. The number of aromatic nitrogens is 1. The lowest BCUT2D eigenvalue weighted by Crippen LogP contribution is -2.32. The molecule has 1 unspecified atom stereocenters. The van der Waals surface area contributed by atoms with Crippen LogP contribution >= 0.6 is 27.5 Å². The molecule has 1 heterocycles. The van der Waals surface area contributed by atoms with Gasteiger partial charge >= 0.3 is 0 Å². The molecule has 0 aliphatic carbocycles. The summed E-state index contributed by atoms with van der Waals surface area (Å²) < 4.78 is 27.7. The summed E-state index contributed by atoms with van der Waals surface area (Å²) in [4.78, 5) is 3.85. The summed E-state index contributed by atoms with van der Waals surface area (Å²) in [6.45, 7) is 4.01. The number of hydrogen-bond acceptors (Lipinski definition) is 3. The van der Waals surface area contributed by atoms with Crippen LogP contribution in [0.1, 0.15) is 46.0 Å². The molecule has 1 rings (SSSR count). The molecule has 0 aliphatic rings. The molecule has 1 aromatic heterocycles. The molecule has 7 heteroatoms. The average Bonchev–Trinajstić information content (AvgIpc) is 2.37. The van der Waals surface area contributed by atoms with Crippen molar-refractivity contribution >= 4 is 37.6 Å². The maximum atomic E-state index is 12.2. The minimum Gasteiger partial charge on any atom is -0.242 e. The van der Waals surface area contributed by atoms with E-state index in [0.29, 0.717) is 4.47 Å². The first-order valence-electron chi connectivity index (χ1n) is 6.70. The average molecular weight is 384 g/mol. The van der Waals surface area contributed by atoms with Crippen LogP contribution in [-0.2, 0) is 10.0 Å². The molecule has 0 bridgehead atoms. The predicted molar refractivity (Wildman–Crippen MR) is 85.5 cm³/mol. The molecule has 114 valence electrons. The monoisotopic (exact) mass is 382 g/mol. The third kappa shape index (κ3) is 5.68. The summed E-state index contributed by atoms with van der Waals surface area (Å²) in [6.07, 6.45) is 6.78. The zero-order chi connectivity index (χ0) is 15.2. The van der Waals surface area contributed by atoms with Crippen LogP contribution in [0.3, 0.4) is 0 Å². The molecule has 0 spiro atoms. The first-order valence-corrected chi connectivity index (χ1v) is 9.35. The quantitative estimate of drug-likeness (QED) is 0.542. The Morgan fingerprint density at radius 1 is 1.40 bits per heavy atom. The number of halogens is 2. The van der Waals surface area contributed by atoms with Gasteiger partial charge in [-0.1, -0.05) is 44.2 Å². The summed E-state index contributed by atoms with van der Waals surface area (Å²) in [6, 6.07) is 1.34. The van der Waals surface area contributed by atoms with Crippen molar-refractivity contribution in [1.29, 1.82) is 0 Å². The minimum atomic E-state index is -3.63. The summed E-state index contributed by atoms with van der Waals surface area (Å²) in [5, 5.41) is -0.0149. The van der Waals surface area contributed by atoms with Gasteiger partial charge in [0.15, 0.2) is 0 Å². The molecule has 4 nitrogen and oxygen atoms in total. The fourth-order valence-corrected chi connectivity index (χ4v) is 4.08. The number of hydrogen-bond donors (Lipinski definition) is 1. The molecular weight excluding hydrogens is 364 g/mol. The standard InChI is InChI=1S/C13H20BrClN2O2S/c1-3-4-5-6-7-10(2)17-20(18,19)12-8-11(14)9-16-13(12)15/h8-10,17H,3-7H2,1-2H3. The highest BCUT2D eigenvalue weighted by atomic mass is 79.9. The zero-order valence-corrected chi connectivity index (χ0v) is 14.9. The Bertz CT molecular complexity index is 537. The van der Waals surface area contributed by atoms with Crippen molar-refractivity contribution in [3.8, 4) is 0 Å². The molecule has 0 fully saturated rings. The van der Waals surface area contributed by atoms with Crippen LogP contribution in [0.4, 0.5) is 0 Å². The molecule has 0 aliphatic heterocycles. The van der Waals surface area contributed by atoms with Gasteiger partial charge in [0.1, 0.15) is 10.0 Å². The Balaban J connectivity index is 2.67. The Morgan fingerprint density at radius 2 is 2.10 bits per heavy atom. The van der Waals surface area contributed by atoms with Crippen LogP contribution in [0, 0.1) is 0 Å². The zero-order valence-electron chi connectivity index (χ0n) is 11.7. The molecule has 1 aromatic rings. The van der Waals surface area contributed by atoms with Gasteiger partial charge in [0.05, 0.1) is 0 Å². The fraction of sp³-hybridized carbons (Fsp3) is 0.615. The van der Waals surface area contributed by atoms with Gasteiger partial charge in [-0.15, -0.1) is 0 Å². The molecule has 0 saturated heterocycles. The maximum Gasteiger partial charge on any atom is 0.243 e. The topological polar surface area (TPSA) is 59.1 Å². The van der Waals surface area contributed by atoms with Crippen LogP contribution in [-0.4, -0.2) is 19.4 Å². The fourth-order valence-electron chi connectivity index (χ4n) is 1.86. The van der Waals surface area contributed by atoms with E-state index in [9.17, 15) is 8.42 Å². The Labute approximate surface area is 134 Å². The second kappa shape index (κ2) is 8.32. The van der Waals surface area contributed by atoms with Crippen molar-refractivity contribution < 1.29 is 8.42 Å². The van der Waals surface area contributed by atoms with E-state index in [-0.39, 0.29) is 16.1 Å². The van der Waals surface area contributed by atoms with Crippen molar-refractivity contribution in [1.82, 2.24) is 9.71 Å². The molecule has 20 heavy (non-hydrogen) atoms. The number of unbranched alkanes of at least 4 members (excludes halogenated alkanes) is 3. The lowest BCUT2D eigenvalue weighted by Gasteiger charge is -2.14. The van der Waals surface area contributed by atoms with Gasteiger partial charge in [-0.3, -0.25) is 0 Å². The third-order valence-corrected chi connectivity index (χ3v) is 5.36. The van der Waals surface area contributed by atoms with Crippen molar-refractivity contribution in [2.24, 2.45) is 0 Å². The number of sulfonamides is 1. The normalized spacial score (nSPS) is 13.4. The van der Waals surface area contributed by atoms with Gasteiger partial charge in [-0.05, 0) is 35.3 Å². The van der Waals surface area contributed by atoms with Crippen molar-refractivity contribution in [3.63, 3.8) is 0 Å². The SMILES string of the molecule is CCCCCCC(C)NS(=O)(=O)c1cc(Br)cnc1Cl. The summed E-state index contributed by atoms with van der Waals surface area (Å²) in [7, 11) is -3.63. The van der Waals surface area contributed by atoms with E-state index in [1.54, 1.807) is 0 Å². The summed E-state index contributed by atoms with van der Waals surface area (Å²) >= 11 is 9.06. The Hall–Kier alpha value is -0.170. The van der Waals surface area contributed by atoms with Gasteiger partial charge in [-0.25, -0.2) is 18.1 Å². The van der Waals surface area contributed by atoms with Gasteiger partial charge in [-0.2, -0.15) is 0 Å². The van der Waals surface area contributed by atoms with E-state index in [1.165, 1.54) is 25.1 Å². The van der Waals surface area contributed by atoms with Crippen molar-refractivity contribution in [3.05, 3.63) is 21.9 Å². The second-order valence-electron chi connectivity index (χ2n) is 4.81. The second-order valence-corrected chi connectivity index (χ2v) is 7.77. The van der Waals surface area contributed by atoms with Crippen LogP contribution in [0.2, 0.25) is 5.15 Å². The lowest BCUT2D eigenvalue weighted by molar-refractivity contribution is 0.521. The van der Waals surface area contributed by atoms with Crippen molar-refractivity contribution in [2.45, 2.75) is 56.9 Å². The maximum absolute atomic E-state index is 12.2. The smallest absolute Gasteiger partial charge is 0.242 e. The molecule has 0 aromatic carbocycles. The van der Waals surface area contributed by atoms with Crippen LogP contribution in [0.15, 0.2) is 21.6 Å². The van der Waals surface area contributed by atoms with Gasteiger partial charge in [0.2, 0.25) is 10.0 Å². The van der Waals surface area contributed by atoms with Crippen LogP contribution in [0.25, 0.3) is 0 Å². The minimum absolute atomic E-state index is 0.00829. The molecule has 0 saturated carbocycles. The molecule has 1 N–H and O–H groups in total. The van der Waals surface area contributed by atoms with E-state index in [1.807, 2.05) is 6.92 Å². The first kappa shape index (κ1) is 17.9. The summed E-state index contributed by atoms with van der Waals surface area (Å²) in [5.74, 6) is 0. The number of nitrogens with one attached hydrogen (secondary N) is 1. The molecule has 0 amide bonds. The van der Waals surface area contributed by atoms with Crippen molar-refractivity contribution in [2.75, 3.05) is 0 Å². The van der Waals surface area contributed by atoms with Crippen LogP contribution < -0.4 is 4.72 Å². The molecular formula is C13H20BrClN2O2S. The van der Waals surface area contributed by atoms with E-state index >= 15 is 0 Å².